The van der Waals surface area contributed by atoms with E-state index in [1.165, 1.54) is 29.0 Å². The second-order valence-electron chi connectivity index (χ2n) is 3.47. The van der Waals surface area contributed by atoms with Gasteiger partial charge >= 0.3 is 0 Å². The van der Waals surface area contributed by atoms with Crippen molar-refractivity contribution in [3.05, 3.63) is 62.8 Å². The van der Waals surface area contributed by atoms with Gasteiger partial charge in [-0.05, 0) is 18.3 Å². The lowest BCUT2D eigenvalue weighted by Crippen LogP contribution is -2.12. The molecule has 0 aliphatic carbocycles. The van der Waals surface area contributed by atoms with E-state index in [0.717, 1.165) is 6.07 Å². The summed E-state index contributed by atoms with van der Waals surface area (Å²) >= 11 is 4.92. The molecule has 0 bridgehead atoms. The molecule has 3 nitrogen and oxygen atoms in total. The lowest BCUT2D eigenvalue weighted by molar-refractivity contribution is 0.564. The lowest BCUT2D eigenvalue weighted by Gasteiger charge is -2.07. The first-order chi connectivity index (χ1) is 8.06. The highest BCUT2D eigenvalue weighted by molar-refractivity contribution is 7.71. The lowest BCUT2D eigenvalue weighted by atomic mass is 10.2. The largest absolute Gasteiger partial charge is 0.321 e. The van der Waals surface area contributed by atoms with Gasteiger partial charge in [0.2, 0.25) is 0 Å². The minimum Gasteiger partial charge on any atom is -0.321 e. The summed E-state index contributed by atoms with van der Waals surface area (Å²) in [5, 5.41) is 0. The SMILES string of the molecule is O=c1ccn(Cc2ccc(F)cc2F)c(=S)[nH]1. The van der Waals surface area contributed by atoms with Crippen LogP contribution in [0.25, 0.3) is 0 Å². The average Bonchev–Trinajstić information content (AvgIpc) is 2.25. The molecule has 0 saturated carbocycles. The highest BCUT2D eigenvalue weighted by atomic mass is 32.1. The summed E-state index contributed by atoms with van der Waals surface area (Å²) in [4.78, 5) is 13.4. The smallest absolute Gasteiger partial charge is 0.251 e. The molecule has 2 aromatic rings. The van der Waals surface area contributed by atoms with Crippen LogP contribution in [0.4, 0.5) is 8.78 Å². The molecule has 0 aliphatic rings. The number of H-pyrrole nitrogens is 1. The quantitative estimate of drug-likeness (QED) is 0.834. The van der Waals surface area contributed by atoms with Gasteiger partial charge in [0, 0.05) is 23.9 Å². The standard InChI is InChI=1S/C11H8F2N2OS/c12-8-2-1-7(9(13)5-8)6-15-4-3-10(16)14-11(15)17/h1-5H,6H2,(H,14,16,17). The molecule has 0 fully saturated rings. The molecule has 2 rings (SSSR count). The molecule has 0 amide bonds. The van der Waals surface area contributed by atoms with Gasteiger partial charge in [-0.15, -0.1) is 0 Å². The van der Waals surface area contributed by atoms with Crippen LogP contribution in [0, 0.1) is 16.4 Å². The van der Waals surface area contributed by atoms with Gasteiger partial charge in [0.05, 0.1) is 6.54 Å². The highest BCUT2D eigenvalue weighted by Crippen LogP contribution is 2.10. The second-order valence-corrected chi connectivity index (χ2v) is 3.86. The Labute approximate surface area is 100 Å². The molecule has 17 heavy (non-hydrogen) atoms. The van der Waals surface area contributed by atoms with Crippen LogP contribution in [-0.2, 0) is 6.54 Å². The summed E-state index contributed by atoms with van der Waals surface area (Å²) < 4.78 is 27.8. The van der Waals surface area contributed by atoms with Crippen molar-refractivity contribution in [1.29, 1.82) is 0 Å². The first kappa shape index (κ1) is 11.7. The third-order valence-corrected chi connectivity index (χ3v) is 2.59. The normalized spacial score (nSPS) is 10.5. The van der Waals surface area contributed by atoms with E-state index in [9.17, 15) is 13.6 Å². The monoisotopic (exact) mass is 254 g/mol. The zero-order valence-corrected chi connectivity index (χ0v) is 9.43. The molecule has 1 aromatic heterocycles. The molecule has 6 heteroatoms. The van der Waals surface area contributed by atoms with Crippen LogP contribution < -0.4 is 5.56 Å². The topological polar surface area (TPSA) is 37.8 Å². The average molecular weight is 254 g/mol. The summed E-state index contributed by atoms with van der Waals surface area (Å²) in [5.41, 5.74) is -0.0135. The molecule has 88 valence electrons. The number of aromatic amines is 1. The Morgan fingerprint density at radius 2 is 2.06 bits per heavy atom. The summed E-state index contributed by atoms with van der Waals surface area (Å²) in [5.74, 6) is -1.27. The van der Waals surface area contributed by atoms with E-state index in [0.29, 0.717) is 5.56 Å². The molecule has 0 aliphatic heterocycles. The first-order valence-corrected chi connectivity index (χ1v) is 5.21. The van der Waals surface area contributed by atoms with E-state index in [1.807, 2.05) is 0 Å². The number of nitrogens with one attached hydrogen (secondary N) is 1. The van der Waals surface area contributed by atoms with E-state index >= 15 is 0 Å². The number of rotatable bonds is 2. The van der Waals surface area contributed by atoms with E-state index in [2.05, 4.69) is 4.98 Å². The van der Waals surface area contributed by atoms with Crippen molar-refractivity contribution in [3.63, 3.8) is 0 Å². The van der Waals surface area contributed by atoms with E-state index in [4.69, 9.17) is 12.2 Å². The van der Waals surface area contributed by atoms with Gasteiger partial charge in [0.1, 0.15) is 11.6 Å². The Hall–Kier alpha value is -1.82. The maximum Gasteiger partial charge on any atom is 0.251 e. The Balaban J connectivity index is 2.38. The first-order valence-electron chi connectivity index (χ1n) is 4.80. The van der Waals surface area contributed by atoms with Crippen molar-refractivity contribution in [1.82, 2.24) is 9.55 Å². The number of hydrogen-bond donors (Lipinski definition) is 1. The van der Waals surface area contributed by atoms with Crippen molar-refractivity contribution in [2.24, 2.45) is 0 Å². The van der Waals surface area contributed by atoms with Crippen LogP contribution >= 0.6 is 12.2 Å². The Kier molecular flexibility index (Phi) is 3.14. The molecule has 1 N–H and O–H groups in total. The van der Waals surface area contributed by atoms with Gasteiger partial charge in [-0.2, -0.15) is 0 Å². The van der Waals surface area contributed by atoms with Crippen LogP contribution in [0.2, 0.25) is 0 Å². The van der Waals surface area contributed by atoms with Crippen molar-refractivity contribution in [3.8, 4) is 0 Å². The molecule has 0 atom stereocenters. The Bertz CT molecular complexity index is 663. The molecular formula is C11H8F2N2OS. The zero-order chi connectivity index (χ0) is 12.4. The zero-order valence-electron chi connectivity index (χ0n) is 8.61. The summed E-state index contributed by atoms with van der Waals surface area (Å²) in [6.45, 7) is 0.141. The summed E-state index contributed by atoms with van der Waals surface area (Å²) in [6, 6.07) is 4.62. The Morgan fingerprint density at radius 3 is 2.71 bits per heavy atom. The summed E-state index contributed by atoms with van der Waals surface area (Å²) in [7, 11) is 0. The van der Waals surface area contributed by atoms with Gasteiger partial charge in [-0.3, -0.25) is 9.78 Å². The molecule has 0 spiro atoms. The maximum atomic E-state index is 13.4. The van der Waals surface area contributed by atoms with Crippen LogP contribution in [0.3, 0.4) is 0 Å². The van der Waals surface area contributed by atoms with Gasteiger partial charge in [0.25, 0.3) is 5.56 Å². The second kappa shape index (κ2) is 4.58. The number of nitrogens with zero attached hydrogens (tertiary/aromatic N) is 1. The fraction of sp³-hybridized carbons (Fsp3) is 0.0909. The molecule has 1 heterocycles. The van der Waals surface area contributed by atoms with Crippen LogP contribution in [0.1, 0.15) is 5.56 Å². The van der Waals surface area contributed by atoms with Crippen molar-refractivity contribution >= 4 is 12.2 Å². The third-order valence-electron chi connectivity index (χ3n) is 2.25. The predicted molar refractivity (Wildman–Crippen MR) is 61.3 cm³/mol. The minimum atomic E-state index is -0.641. The molecular weight excluding hydrogens is 246 g/mol. The third kappa shape index (κ3) is 2.65. The maximum absolute atomic E-state index is 13.4. The minimum absolute atomic E-state index is 0.141. The van der Waals surface area contributed by atoms with E-state index in [-0.39, 0.29) is 16.9 Å². The van der Waals surface area contributed by atoms with Gasteiger partial charge < -0.3 is 4.57 Å². The van der Waals surface area contributed by atoms with Crippen LogP contribution in [0.5, 0.6) is 0 Å². The van der Waals surface area contributed by atoms with Crippen LogP contribution in [0.15, 0.2) is 35.3 Å². The Morgan fingerprint density at radius 1 is 1.29 bits per heavy atom. The molecule has 0 radical (unpaired) electrons. The fourth-order valence-electron chi connectivity index (χ4n) is 1.40. The fourth-order valence-corrected chi connectivity index (χ4v) is 1.63. The van der Waals surface area contributed by atoms with Crippen LogP contribution in [-0.4, -0.2) is 9.55 Å². The number of aromatic nitrogens is 2. The van der Waals surface area contributed by atoms with Gasteiger partial charge in [0.15, 0.2) is 4.77 Å². The van der Waals surface area contributed by atoms with Crippen molar-refractivity contribution in [2.75, 3.05) is 0 Å². The van der Waals surface area contributed by atoms with Gasteiger partial charge in [-0.1, -0.05) is 6.07 Å². The highest BCUT2D eigenvalue weighted by Gasteiger charge is 2.04. The van der Waals surface area contributed by atoms with Crippen molar-refractivity contribution < 1.29 is 8.78 Å². The number of hydrogen-bond acceptors (Lipinski definition) is 2. The molecule has 0 unspecified atom stereocenters. The molecule has 1 aromatic carbocycles. The van der Waals surface area contributed by atoms with Crippen molar-refractivity contribution in [2.45, 2.75) is 6.54 Å². The predicted octanol–water partition coefficient (Wildman–Crippen LogP) is 2.23. The van der Waals surface area contributed by atoms with Gasteiger partial charge in [-0.25, -0.2) is 8.78 Å². The molecule has 0 saturated heterocycles. The number of halogens is 2. The van der Waals surface area contributed by atoms with E-state index in [1.54, 1.807) is 0 Å². The number of benzene rings is 1. The van der Waals surface area contributed by atoms with E-state index < -0.39 is 11.6 Å². The summed E-state index contributed by atoms with van der Waals surface area (Å²) in [6.07, 6.45) is 1.46.